The lowest BCUT2D eigenvalue weighted by molar-refractivity contribution is -0.148. The van der Waals surface area contributed by atoms with Gasteiger partial charge in [-0.3, -0.25) is 14.4 Å². The number of esters is 1. The summed E-state index contributed by atoms with van der Waals surface area (Å²) < 4.78 is 10.1. The first-order valence-electron chi connectivity index (χ1n) is 10.4. The average Bonchev–Trinajstić information content (AvgIpc) is 2.81. The van der Waals surface area contributed by atoms with E-state index >= 15 is 0 Å². The fourth-order valence-corrected chi connectivity index (χ4v) is 3.28. The first-order valence-corrected chi connectivity index (χ1v) is 10.4. The Morgan fingerprint density at radius 1 is 0.912 bits per heavy atom. The molecule has 176 valence electrons. The Bertz CT molecular complexity index is 1190. The van der Waals surface area contributed by atoms with Crippen molar-refractivity contribution in [2.45, 2.75) is 25.5 Å². The van der Waals surface area contributed by atoms with Crippen molar-refractivity contribution in [1.82, 2.24) is 5.32 Å². The van der Waals surface area contributed by atoms with Crippen molar-refractivity contribution in [2.24, 2.45) is 0 Å². The summed E-state index contributed by atoms with van der Waals surface area (Å²) in [5.74, 6) is -2.70. The molecule has 0 aliphatic carbocycles. The van der Waals surface area contributed by atoms with Gasteiger partial charge in [-0.25, -0.2) is 4.79 Å². The summed E-state index contributed by atoms with van der Waals surface area (Å²) >= 11 is 0. The lowest BCUT2D eigenvalue weighted by Gasteiger charge is -2.16. The SMILES string of the molecule is O=C(O)CC(NC(=O)OCc1ccccc1)C(=O)COC(=O)Cc1cccc2cc(O)ccc12. The molecule has 0 spiro atoms. The number of ketones is 1. The highest BCUT2D eigenvalue weighted by molar-refractivity contribution is 5.93. The van der Waals surface area contributed by atoms with Crippen molar-refractivity contribution >= 4 is 34.6 Å². The van der Waals surface area contributed by atoms with Gasteiger partial charge in [0.05, 0.1) is 12.8 Å². The standard InChI is InChI=1S/C25H23NO8/c27-19-9-10-20-17(11-19)7-4-8-18(20)12-24(31)33-15-22(28)21(13-23(29)30)26-25(32)34-14-16-5-2-1-3-6-16/h1-11,21,27H,12-15H2,(H,26,32)(H,29,30). The summed E-state index contributed by atoms with van der Waals surface area (Å²) in [5.41, 5.74) is 1.36. The molecule has 3 aromatic carbocycles. The predicted molar refractivity (Wildman–Crippen MR) is 121 cm³/mol. The minimum absolute atomic E-state index is 0.0571. The van der Waals surface area contributed by atoms with Crippen LogP contribution >= 0.6 is 0 Å². The van der Waals surface area contributed by atoms with Crippen LogP contribution in [-0.2, 0) is 36.9 Å². The number of phenolic OH excluding ortho intramolecular Hbond substituents is 1. The third-order valence-electron chi connectivity index (χ3n) is 4.94. The summed E-state index contributed by atoms with van der Waals surface area (Å²) in [6.07, 6.45) is -1.79. The number of aliphatic carboxylic acids is 1. The van der Waals surface area contributed by atoms with Crippen LogP contribution in [0.4, 0.5) is 4.79 Å². The van der Waals surface area contributed by atoms with Crippen LogP contribution in [0.1, 0.15) is 17.5 Å². The lowest BCUT2D eigenvalue weighted by Crippen LogP contribution is -2.44. The number of hydrogen-bond acceptors (Lipinski definition) is 7. The molecule has 0 aromatic heterocycles. The number of amides is 1. The maximum atomic E-state index is 12.5. The van der Waals surface area contributed by atoms with E-state index in [0.717, 1.165) is 16.3 Å². The molecule has 0 radical (unpaired) electrons. The highest BCUT2D eigenvalue weighted by Crippen LogP contribution is 2.23. The van der Waals surface area contributed by atoms with Gasteiger partial charge < -0.3 is 25.0 Å². The number of carboxylic acids is 1. The summed E-state index contributed by atoms with van der Waals surface area (Å²) in [5, 5.41) is 22.4. The second-order valence-corrected chi connectivity index (χ2v) is 7.48. The maximum absolute atomic E-state index is 12.5. The number of alkyl carbamates (subject to hydrolysis) is 1. The number of fused-ring (bicyclic) bond motifs is 1. The van der Waals surface area contributed by atoms with E-state index < -0.39 is 42.9 Å². The smallest absolute Gasteiger partial charge is 0.408 e. The molecule has 0 aliphatic heterocycles. The van der Waals surface area contributed by atoms with Crippen LogP contribution < -0.4 is 5.32 Å². The van der Waals surface area contributed by atoms with E-state index in [1.807, 2.05) is 0 Å². The van der Waals surface area contributed by atoms with Gasteiger partial charge >= 0.3 is 18.0 Å². The van der Waals surface area contributed by atoms with Gasteiger partial charge in [0.1, 0.15) is 18.4 Å². The van der Waals surface area contributed by atoms with Crippen molar-refractivity contribution in [2.75, 3.05) is 6.61 Å². The Kier molecular flexibility index (Phi) is 8.17. The highest BCUT2D eigenvalue weighted by Gasteiger charge is 2.25. The lowest BCUT2D eigenvalue weighted by atomic mass is 10.0. The van der Waals surface area contributed by atoms with E-state index in [1.165, 1.54) is 6.07 Å². The van der Waals surface area contributed by atoms with Crippen molar-refractivity contribution in [3.05, 3.63) is 77.9 Å². The molecule has 3 aromatic rings. The summed E-state index contributed by atoms with van der Waals surface area (Å²) in [6, 6.07) is 17.4. The molecular formula is C25H23NO8. The molecule has 0 heterocycles. The monoisotopic (exact) mass is 465 g/mol. The van der Waals surface area contributed by atoms with Crippen LogP contribution in [0.25, 0.3) is 10.8 Å². The summed E-state index contributed by atoms with van der Waals surface area (Å²) in [4.78, 5) is 47.9. The quantitative estimate of drug-likeness (QED) is 0.388. The molecule has 0 aliphatic rings. The van der Waals surface area contributed by atoms with Crippen LogP contribution in [0.5, 0.6) is 5.75 Å². The normalized spacial score (nSPS) is 11.4. The Morgan fingerprint density at radius 3 is 2.41 bits per heavy atom. The second-order valence-electron chi connectivity index (χ2n) is 7.48. The van der Waals surface area contributed by atoms with E-state index in [0.29, 0.717) is 5.56 Å². The number of carboxylic acid groups (broad SMARTS) is 1. The average molecular weight is 465 g/mol. The van der Waals surface area contributed by atoms with Crippen molar-refractivity contribution < 1.29 is 38.9 Å². The molecule has 9 nitrogen and oxygen atoms in total. The molecule has 9 heteroatoms. The number of benzene rings is 3. The number of rotatable bonds is 10. The van der Waals surface area contributed by atoms with E-state index in [2.05, 4.69) is 5.32 Å². The molecule has 1 unspecified atom stereocenters. The topological polar surface area (TPSA) is 139 Å². The summed E-state index contributed by atoms with van der Waals surface area (Å²) in [7, 11) is 0. The second kappa shape index (κ2) is 11.5. The number of carbonyl (C=O) groups excluding carboxylic acids is 3. The van der Waals surface area contributed by atoms with Crippen LogP contribution in [0.15, 0.2) is 66.7 Å². The molecule has 0 saturated heterocycles. The fourth-order valence-electron chi connectivity index (χ4n) is 3.28. The largest absolute Gasteiger partial charge is 0.508 e. The summed E-state index contributed by atoms with van der Waals surface area (Å²) in [6.45, 7) is -0.764. The van der Waals surface area contributed by atoms with Crippen LogP contribution in [0.2, 0.25) is 0 Å². The number of Topliss-reactive ketones (excluding diaryl/α,β-unsaturated/α-hetero) is 1. The van der Waals surface area contributed by atoms with Crippen molar-refractivity contribution in [3.63, 3.8) is 0 Å². The van der Waals surface area contributed by atoms with Gasteiger partial charge in [0.2, 0.25) is 0 Å². The number of aromatic hydroxyl groups is 1. The predicted octanol–water partition coefficient (Wildman–Crippen LogP) is 2.97. The molecular weight excluding hydrogens is 442 g/mol. The van der Waals surface area contributed by atoms with E-state index in [9.17, 15) is 24.3 Å². The van der Waals surface area contributed by atoms with E-state index in [1.54, 1.807) is 60.7 Å². The minimum atomic E-state index is -1.42. The van der Waals surface area contributed by atoms with Gasteiger partial charge in [-0.2, -0.15) is 0 Å². The van der Waals surface area contributed by atoms with E-state index in [4.69, 9.17) is 14.6 Å². The third-order valence-corrected chi connectivity index (χ3v) is 4.94. The molecule has 0 saturated carbocycles. The van der Waals surface area contributed by atoms with Gasteiger partial charge in [-0.1, -0.05) is 54.6 Å². The van der Waals surface area contributed by atoms with Gasteiger partial charge in [-0.15, -0.1) is 0 Å². The zero-order valence-electron chi connectivity index (χ0n) is 18.1. The fraction of sp³-hybridized carbons (Fsp3) is 0.200. The minimum Gasteiger partial charge on any atom is -0.508 e. The number of nitrogens with one attached hydrogen (secondary N) is 1. The van der Waals surface area contributed by atoms with Crippen LogP contribution in [0.3, 0.4) is 0 Å². The number of ether oxygens (including phenoxy) is 2. The maximum Gasteiger partial charge on any atom is 0.408 e. The highest BCUT2D eigenvalue weighted by atomic mass is 16.5. The van der Waals surface area contributed by atoms with E-state index in [-0.39, 0.29) is 18.8 Å². The first-order chi connectivity index (χ1) is 16.3. The molecule has 0 fully saturated rings. The molecule has 0 bridgehead atoms. The Labute approximate surface area is 194 Å². The Balaban J connectivity index is 1.55. The number of carbonyl (C=O) groups is 4. The molecule has 1 amide bonds. The Hall–Kier alpha value is -4.40. The number of phenols is 1. The van der Waals surface area contributed by atoms with Crippen LogP contribution in [0, 0.1) is 0 Å². The van der Waals surface area contributed by atoms with Crippen LogP contribution in [-0.4, -0.2) is 46.7 Å². The molecule has 3 rings (SSSR count). The molecule has 3 N–H and O–H groups in total. The molecule has 1 atom stereocenters. The Morgan fingerprint density at radius 2 is 1.68 bits per heavy atom. The van der Waals surface area contributed by atoms with Gasteiger partial charge in [0.25, 0.3) is 0 Å². The van der Waals surface area contributed by atoms with Crippen molar-refractivity contribution in [1.29, 1.82) is 0 Å². The zero-order chi connectivity index (χ0) is 24.5. The third kappa shape index (κ3) is 7.06. The van der Waals surface area contributed by atoms with Gasteiger partial charge in [0, 0.05) is 0 Å². The first kappa shape index (κ1) is 24.2. The number of hydrogen-bond donors (Lipinski definition) is 3. The zero-order valence-corrected chi connectivity index (χ0v) is 18.1. The van der Waals surface area contributed by atoms with Gasteiger partial charge in [0.15, 0.2) is 12.4 Å². The van der Waals surface area contributed by atoms with Gasteiger partial charge in [-0.05, 0) is 34.0 Å². The van der Waals surface area contributed by atoms with Crippen molar-refractivity contribution in [3.8, 4) is 5.75 Å². The molecule has 34 heavy (non-hydrogen) atoms.